The maximum absolute atomic E-state index is 14.1. The van der Waals surface area contributed by atoms with Gasteiger partial charge in [-0.1, -0.05) is 18.9 Å². The predicted octanol–water partition coefficient (Wildman–Crippen LogP) is 3.25. The first-order chi connectivity index (χ1) is 13.3. The van der Waals surface area contributed by atoms with Gasteiger partial charge in [0.15, 0.2) is 11.6 Å². The van der Waals surface area contributed by atoms with E-state index in [-0.39, 0.29) is 23.0 Å². The molecule has 0 heterocycles. The molecular formula is C19H19F3N2O3S. The number of rotatable bonds is 6. The highest BCUT2D eigenvalue weighted by Crippen LogP contribution is 2.21. The van der Waals surface area contributed by atoms with Crippen LogP contribution in [0.15, 0.2) is 41.3 Å². The molecule has 0 saturated heterocycles. The zero-order valence-corrected chi connectivity index (χ0v) is 15.7. The van der Waals surface area contributed by atoms with Crippen LogP contribution < -0.4 is 10.0 Å². The minimum Gasteiger partial charge on any atom is -0.348 e. The van der Waals surface area contributed by atoms with E-state index in [1.54, 1.807) is 0 Å². The highest BCUT2D eigenvalue weighted by atomic mass is 32.2. The minimum absolute atomic E-state index is 0.166. The third-order valence-corrected chi connectivity index (χ3v) is 6.12. The quantitative estimate of drug-likeness (QED) is 0.765. The molecule has 2 aromatic rings. The number of nitrogens with one attached hydrogen (secondary N) is 2. The lowest BCUT2D eigenvalue weighted by atomic mass is 10.1. The summed E-state index contributed by atoms with van der Waals surface area (Å²) in [6.07, 6.45) is 3.35. The van der Waals surface area contributed by atoms with Gasteiger partial charge in [-0.05, 0) is 48.7 Å². The Kier molecular flexibility index (Phi) is 6.04. The average molecular weight is 412 g/mol. The summed E-state index contributed by atoms with van der Waals surface area (Å²) in [5.41, 5.74) is -0.170. The highest BCUT2D eigenvalue weighted by Gasteiger charge is 2.24. The van der Waals surface area contributed by atoms with Crippen molar-refractivity contribution in [1.82, 2.24) is 10.0 Å². The summed E-state index contributed by atoms with van der Waals surface area (Å²) in [5.74, 6) is -3.83. The van der Waals surface area contributed by atoms with Gasteiger partial charge >= 0.3 is 0 Å². The van der Waals surface area contributed by atoms with Gasteiger partial charge in [-0.25, -0.2) is 26.3 Å². The molecule has 5 nitrogen and oxygen atoms in total. The van der Waals surface area contributed by atoms with E-state index in [0.29, 0.717) is 0 Å². The van der Waals surface area contributed by atoms with Crippen LogP contribution in [-0.2, 0) is 16.6 Å². The first-order valence-electron chi connectivity index (χ1n) is 8.80. The van der Waals surface area contributed by atoms with E-state index in [1.807, 2.05) is 0 Å². The van der Waals surface area contributed by atoms with E-state index in [4.69, 9.17) is 0 Å². The smallest absolute Gasteiger partial charge is 0.254 e. The van der Waals surface area contributed by atoms with Gasteiger partial charge in [-0.3, -0.25) is 4.79 Å². The van der Waals surface area contributed by atoms with Crippen LogP contribution in [0.2, 0.25) is 0 Å². The molecule has 0 unspecified atom stereocenters. The van der Waals surface area contributed by atoms with Gasteiger partial charge in [0, 0.05) is 12.6 Å². The molecule has 150 valence electrons. The number of carbonyl (C=O) groups is 1. The highest BCUT2D eigenvalue weighted by molar-refractivity contribution is 7.89. The van der Waals surface area contributed by atoms with E-state index in [0.717, 1.165) is 56.0 Å². The molecule has 0 atom stereocenters. The predicted molar refractivity (Wildman–Crippen MR) is 96.5 cm³/mol. The Morgan fingerprint density at radius 2 is 1.64 bits per heavy atom. The fourth-order valence-electron chi connectivity index (χ4n) is 3.10. The summed E-state index contributed by atoms with van der Waals surface area (Å²) in [5, 5.41) is 2.37. The van der Waals surface area contributed by atoms with E-state index in [9.17, 15) is 26.4 Å². The third kappa shape index (κ3) is 4.71. The summed E-state index contributed by atoms with van der Waals surface area (Å²) in [6.45, 7) is -0.174. The van der Waals surface area contributed by atoms with Crippen molar-refractivity contribution in [2.24, 2.45) is 0 Å². The molecular weight excluding hydrogens is 393 g/mol. The van der Waals surface area contributed by atoms with Crippen LogP contribution in [0.1, 0.15) is 41.6 Å². The molecule has 0 bridgehead atoms. The van der Waals surface area contributed by atoms with Gasteiger partial charge in [0.1, 0.15) is 5.82 Å². The van der Waals surface area contributed by atoms with Gasteiger partial charge in [0.25, 0.3) is 5.91 Å². The maximum Gasteiger partial charge on any atom is 0.254 e. The van der Waals surface area contributed by atoms with E-state index >= 15 is 0 Å². The largest absolute Gasteiger partial charge is 0.348 e. The summed E-state index contributed by atoms with van der Waals surface area (Å²) in [6, 6.07) is 5.92. The number of halogens is 3. The second-order valence-electron chi connectivity index (χ2n) is 6.68. The van der Waals surface area contributed by atoms with Crippen molar-refractivity contribution < 1.29 is 26.4 Å². The molecule has 0 spiro atoms. The molecule has 9 heteroatoms. The standard InChI is InChI=1S/C19H19F3N2O3S/c20-16-8-6-14(28(26,27)24-13-3-1-2-4-13)10-15(16)19(25)23-11-12-5-7-17(21)18(22)9-12/h5-10,13,24H,1-4,11H2,(H,23,25). The number of hydrogen-bond donors (Lipinski definition) is 2. The maximum atomic E-state index is 14.1. The topological polar surface area (TPSA) is 75.3 Å². The van der Waals surface area contributed by atoms with Gasteiger partial charge in [-0.15, -0.1) is 0 Å². The molecule has 1 aliphatic rings. The number of amides is 1. The van der Waals surface area contributed by atoms with Crippen LogP contribution in [0.3, 0.4) is 0 Å². The van der Waals surface area contributed by atoms with Gasteiger partial charge in [-0.2, -0.15) is 0 Å². The van der Waals surface area contributed by atoms with Crippen LogP contribution in [0.5, 0.6) is 0 Å². The van der Waals surface area contributed by atoms with E-state index < -0.39 is 38.9 Å². The van der Waals surface area contributed by atoms with Crippen molar-refractivity contribution in [3.63, 3.8) is 0 Å². The zero-order valence-electron chi connectivity index (χ0n) is 14.8. The summed E-state index contributed by atoms with van der Waals surface area (Å²) >= 11 is 0. The van der Waals surface area contributed by atoms with Gasteiger partial charge in [0.2, 0.25) is 10.0 Å². The Labute approximate surface area is 161 Å². The molecule has 1 fully saturated rings. The van der Waals surface area contributed by atoms with Crippen LogP contribution in [0.4, 0.5) is 13.2 Å². The Balaban J connectivity index is 1.74. The Morgan fingerprint density at radius 1 is 0.964 bits per heavy atom. The molecule has 1 aliphatic carbocycles. The average Bonchev–Trinajstić information content (AvgIpc) is 3.15. The molecule has 3 rings (SSSR count). The SMILES string of the molecule is O=C(NCc1ccc(F)c(F)c1)c1cc(S(=O)(=O)NC2CCCC2)ccc1F. The molecule has 2 N–H and O–H groups in total. The number of hydrogen-bond acceptors (Lipinski definition) is 3. The molecule has 1 amide bonds. The van der Waals surface area contributed by atoms with Gasteiger partial charge in [0.05, 0.1) is 10.5 Å². The van der Waals surface area contributed by atoms with Crippen molar-refractivity contribution in [2.45, 2.75) is 43.2 Å². The van der Waals surface area contributed by atoms with Crippen molar-refractivity contribution in [1.29, 1.82) is 0 Å². The number of benzene rings is 2. The third-order valence-electron chi connectivity index (χ3n) is 4.61. The molecule has 0 aliphatic heterocycles. The summed E-state index contributed by atoms with van der Waals surface area (Å²) < 4.78 is 67.8. The number of carbonyl (C=O) groups excluding carboxylic acids is 1. The minimum atomic E-state index is -3.88. The summed E-state index contributed by atoms with van der Waals surface area (Å²) in [4.78, 5) is 12.1. The van der Waals surface area contributed by atoms with Crippen LogP contribution in [-0.4, -0.2) is 20.4 Å². The Hall–Kier alpha value is -2.39. The second kappa shape index (κ2) is 8.32. The Bertz CT molecular complexity index is 990. The van der Waals surface area contributed by atoms with Crippen molar-refractivity contribution >= 4 is 15.9 Å². The molecule has 1 saturated carbocycles. The lowest BCUT2D eigenvalue weighted by Gasteiger charge is -2.13. The van der Waals surface area contributed by atoms with Gasteiger partial charge < -0.3 is 5.32 Å². The summed E-state index contributed by atoms with van der Waals surface area (Å²) in [7, 11) is -3.88. The Morgan fingerprint density at radius 3 is 2.32 bits per heavy atom. The van der Waals surface area contributed by atoms with Crippen molar-refractivity contribution in [3.05, 3.63) is 65.0 Å². The zero-order chi connectivity index (χ0) is 20.3. The fraction of sp³-hybridized carbons (Fsp3) is 0.316. The van der Waals surface area contributed by atoms with Crippen LogP contribution >= 0.6 is 0 Å². The molecule has 28 heavy (non-hydrogen) atoms. The fourth-order valence-corrected chi connectivity index (χ4v) is 4.43. The van der Waals surface area contributed by atoms with Crippen LogP contribution in [0, 0.1) is 17.5 Å². The lowest BCUT2D eigenvalue weighted by molar-refractivity contribution is 0.0946. The van der Waals surface area contributed by atoms with Crippen molar-refractivity contribution in [3.8, 4) is 0 Å². The van der Waals surface area contributed by atoms with Crippen molar-refractivity contribution in [2.75, 3.05) is 0 Å². The lowest BCUT2D eigenvalue weighted by Crippen LogP contribution is -2.33. The first-order valence-corrected chi connectivity index (χ1v) is 10.3. The number of sulfonamides is 1. The molecule has 0 aromatic heterocycles. The molecule has 2 aromatic carbocycles. The van der Waals surface area contributed by atoms with E-state index in [1.165, 1.54) is 6.07 Å². The molecule has 0 radical (unpaired) electrons. The second-order valence-corrected chi connectivity index (χ2v) is 8.39. The normalized spacial score (nSPS) is 15.0. The first kappa shape index (κ1) is 20.3. The monoisotopic (exact) mass is 412 g/mol. The van der Waals surface area contributed by atoms with Crippen LogP contribution in [0.25, 0.3) is 0 Å². The van der Waals surface area contributed by atoms with E-state index in [2.05, 4.69) is 10.0 Å².